The van der Waals surface area contributed by atoms with Gasteiger partial charge in [-0.15, -0.1) is 0 Å². The highest BCUT2D eigenvalue weighted by Crippen LogP contribution is 2.25. The monoisotopic (exact) mass is 288 g/mol. The van der Waals surface area contributed by atoms with Crippen LogP contribution in [-0.4, -0.2) is 37.1 Å². The molecule has 0 amide bonds. The predicted octanol–water partition coefficient (Wildman–Crippen LogP) is 0.968. The smallest absolute Gasteiger partial charge is 0.243 e. The second-order valence-corrected chi connectivity index (χ2v) is 5.56. The Kier molecular flexibility index (Phi) is 3.70. The van der Waals surface area contributed by atoms with Gasteiger partial charge in [0, 0.05) is 25.0 Å². The highest BCUT2D eigenvalue weighted by Gasteiger charge is 2.26. The zero-order valence-corrected chi connectivity index (χ0v) is 12.3. The first kappa shape index (κ1) is 13.7. The largest absolute Gasteiger partial charge is 0.338 e. The van der Waals surface area contributed by atoms with Crippen molar-refractivity contribution in [1.82, 2.24) is 24.5 Å². The minimum Gasteiger partial charge on any atom is -0.338 e. The lowest BCUT2D eigenvalue weighted by atomic mass is 9.95. The van der Waals surface area contributed by atoms with E-state index in [1.165, 1.54) is 6.42 Å². The Bertz CT molecular complexity index is 596. The van der Waals surface area contributed by atoms with E-state index in [4.69, 9.17) is 5.84 Å². The molecule has 1 aliphatic heterocycles. The molecule has 3 heterocycles. The lowest BCUT2D eigenvalue weighted by molar-refractivity contribution is 0.385. The van der Waals surface area contributed by atoms with Gasteiger partial charge in [0.05, 0.1) is 0 Å². The van der Waals surface area contributed by atoms with Crippen LogP contribution in [0.15, 0.2) is 18.7 Å². The first-order valence-corrected chi connectivity index (χ1v) is 7.15. The van der Waals surface area contributed by atoms with Crippen molar-refractivity contribution in [1.29, 1.82) is 0 Å². The molecular formula is C13H20N8. The molecule has 3 rings (SSSR count). The van der Waals surface area contributed by atoms with Gasteiger partial charge in [0.15, 0.2) is 0 Å². The minimum atomic E-state index is 0.356. The quantitative estimate of drug-likeness (QED) is 0.641. The van der Waals surface area contributed by atoms with Gasteiger partial charge in [0.1, 0.15) is 6.33 Å². The molecule has 21 heavy (non-hydrogen) atoms. The van der Waals surface area contributed by atoms with Gasteiger partial charge >= 0.3 is 0 Å². The van der Waals surface area contributed by atoms with Crippen molar-refractivity contribution >= 4 is 11.9 Å². The molecule has 1 fully saturated rings. The third-order valence-electron chi connectivity index (χ3n) is 3.85. The summed E-state index contributed by atoms with van der Waals surface area (Å²) < 4.78 is 1.74. The zero-order valence-electron chi connectivity index (χ0n) is 12.3. The average Bonchev–Trinajstić information content (AvgIpc) is 3.03. The number of nitrogen functional groups attached to an aromatic ring is 1. The Labute approximate surface area is 123 Å². The molecule has 0 spiro atoms. The lowest BCUT2D eigenvalue weighted by Crippen LogP contribution is -2.42. The number of hydrogen-bond acceptors (Lipinski definition) is 7. The van der Waals surface area contributed by atoms with E-state index in [0.717, 1.165) is 13.0 Å². The predicted molar refractivity (Wildman–Crippen MR) is 80.0 cm³/mol. The van der Waals surface area contributed by atoms with Crippen LogP contribution in [0.25, 0.3) is 5.95 Å². The summed E-state index contributed by atoms with van der Waals surface area (Å²) in [5, 5.41) is 0. The van der Waals surface area contributed by atoms with E-state index >= 15 is 0 Å². The van der Waals surface area contributed by atoms with Crippen LogP contribution in [0.3, 0.4) is 0 Å². The van der Waals surface area contributed by atoms with Gasteiger partial charge in [-0.2, -0.15) is 15.0 Å². The van der Waals surface area contributed by atoms with E-state index in [-0.39, 0.29) is 0 Å². The highest BCUT2D eigenvalue weighted by molar-refractivity contribution is 5.41. The van der Waals surface area contributed by atoms with Crippen molar-refractivity contribution < 1.29 is 0 Å². The van der Waals surface area contributed by atoms with Gasteiger partial charge in [-0.25, -0.2) is 10.8 Å². The third kappa shape index (κ3) is 2.80. The van der Waals surface area contributed by atoms with Crippen molar-refractivity contribution in [3.8, 4) is 5.95 Å². The summed E-state index contributed by atoms with van der Waals surface area (Å²) in [6.45, 7) is 5.39. The van der Waals surface area contributed by atoms with Crippen LogP contribution in [0.1, 0.15) is 26.7 Å². The Morgan fingerprint density at radius 2 is 2.00 bits per heavy atom. The first-order valence-electron chi connectivity index (χ1n) is 7.15. The Hall–Kier alpha value is -2.22. The molecule has 2 aromatic heterocycles. The molecule has 8 nitrogen and oxygen atoms in total. The number of anilines is 2. The van der Waals surface area contributed by atoms with E-state index in [1.807, 2.05) is 0 Å². The number of piperidine rings is 1. The van der Waals surface area contributed by atoms with E-state index < -0.39 is 0 Å². The molecule has 0 saturated carbocycles. The Morgan fingerprint density at radius 1 is 1.19 bits per heavy atom. The second kappa shape index (κ2) is 5.65. The second-order valence-electron chi connectivity index (χ2n) is 5.56. The van der Waals surface area contributed by atoms with E-state index in [1.54, 1.807) is 23.3 Å². The molecule has 0 aliphatic carbocycles. The van der Waals surface area contributed by atoms with Gasteiger partial charge in [0.2, 0.25) is 17.8 Å². The molecule has 0 bridgehead atoms. The van der Waals surface area contributed by atoms with Gasteiger partial charge in [-0.05, 0) is 25.7 Å². The minimum absolute atomic E-state index is 0.356. The maximum absolute atomic E-state index is 5.49. The molecule has 0 aromatic carbocycles. The standard InChI is InChI=1S/C13H20N8/c1-9-3-4-10(2)21(7-9)13-17-11(19-14)16-12(18-13)20-6-5-15-8-20/h5-6,8-10H,3-4,7,14H2,1-2H3,(H,16,17,18,19). The number of aromatic nitrogens is 5. The maximum Gasteiger partial charge on any atom is 0.243 e. The fraction of sp³-hybridized carbons (Fsp3) is 0.538. The number of rotatable bonds is 3. The van der Waals surface area contributed by atoms with Gasteiger partial charge in [-0.3, -0.25) is 9.99 Å². The SMILES string of the molecule is CC1CCC(C)N(c2nc(NN)nc(-n3ccnc3)n2)C1. The molecule has 112 valence electrons. The summed E-state index contributed by atoms with van der Waals surface area (Å²) in [6.07, 6.45) is 7.51. The van der Waals surface area contributed by atoms with Crippen molar-refractivity contribution in [3.05, 3.63) is 18.7 Å². The highest BCUT2D eigenvalue weighted by atomic mass is 15.4. The summed E-state index contributed by atoms with van der Waals surface area (Å²) in [7, 11) is 0. The number of hydrazine groups is 1. The normalized spacial score (nSPS) is 22.3. The molecule has 2 aromatic rings. The topological polar surface area (TPSA) is 97.8 Å². The van der Waals surface area contributed by atoms with Crippen molar-refractivity contribution in [2.45, 2.75) is 32.7 Å². The van der Waals surface area contributed by atoms with Crippen LogP contribution >= 0.6 is 0 Å². The van der Waals surface area contributed by atoms with E-state index in [2.05, 4.69) is 44.1 Å². The number of hydrogen-bond donors (Lipinski definition) is 2. The number of nitrogens with two attached hydrogens (primary N) is 1. The van der Waals surface area contributed by atoms with Crippen LogP contribution in [0.5, 0.6) is 0 Å². The summed E-state index contributed by atoms with van der Waals surface area (Å²) in [5.41, 5.74) is 2.51. The van der Waals surface area contributed by atoms with Crippen LogP contribution in [0, 0.1) is 5.92 Å². The number of nitrogens with one attached hydrogen (secondary N) is 1. The molecule has 1 saturated heterocycles. The summed E-state index contributed by atoms with van der Waals surface area (Å²) >= 11 is 0. The molecular weight excluding hydrogens is 268 g/mol. The maximum atomic E-state index is 5.49. The fourth-order valence-corrected chi connectivity index (χ4v) is 2.61. The van der Waals surface area contributed by atoms with E-state index in [9.17, 15) is 0 Å². The van der Waals surface area contributed by atoms with E-state index in [0.29, 0.717) is 29.8 Å². The van der Waals surface area contributed by atoms with Crippen molar-refractivity contribution in [3.63, 3.8) is 0 Å². The molecule has 8 heteroatoms. The van der Waals surface area contributed by atoms with Gasteiger partial charge < -0.3 is 4.90 Å². The number of imidazole rings is 1. The fourth-order valence-electron chi connectivity index (χ4n) is 2.61. The van der Waals surface area contributed by atoms with Crippen LogP contribution in [0.4, 0.5) is 11.9 Å². The zero-order chi connectivity index (χ0) is 14.8. The third-order valence-corrected chi connectivity index (χ3v) is 3.85. The molecule has 2 unspecified atom stereocenters. The van der Waals surface area contributed by atoms with Crippen molar-refractivity contribution in [2.75, 3.05) is 16.9 Å². The molecule has 3 N–H and O–H groups in total. The average molecular weight is 288 g/mol. The molecule has 2 atom stereocenters. The van der Waals surface area contributed by atoms with Crippen molar-refractivity contribution in [2.24, 2.45) is 11.8 Å². The van der Waals surface area contributed by atoms with Crippen LogP contribution < -0.4 is 16.2 Å². The molecule has 0 radical (unpaired) electrons. The Balaban J connectivity index is 1.99. The van der Waals surface area contributed by atoms with Crippen LogP contribution in [0.2, 0.25) is 0 Å². The summed E-state index contributed by atoms with van der Waals surface area (Å²) in [4.78, 5) is 19.5. The first-order chi connectivity index (χ1) is 10.2. The molecule has 1 aliphatic rings. The number of nitrogens with zero attached hydrogens (tertiary/aromatic N) is 6. The van der Waals surface area contributed by atoms with Gasteiger partial charge in [-0.1, -0.05) is 6.92 Å². The summed E-state index contributed by atoms with van der Waals surface area (Å²) in [6, 6.07) is 0.407. The van der Waals surface area contributed by atoms with Crippen LogP contribution in [-0.2, 0) is 0 Å². The summed E-state index contributed by atoms with van der Waals surface area (Å²) in [5.74, 6) is 7.63. The van der Waals surface area contributed by atoms with Gasteiger partial charge in [0.25, 0.3) is 0 Å². The lowest BCUT2D eigenvalue weighted by Gasteiger charge is -2.36. The Morgan fingerprint density at radius 3 is 2.71 bits per heavy atom.